The van der Waals surface area contributed by atoms with Crippen LogP contribution in [0.1, 0.15) is 49.2 Å². The highest BCUT2D eigenvalue weighted by molar-refractivity contribution is 5.90. The average Bonchev–Trinajstić information content (AvgIpc) is 2.75. The van der Waals surface area contributed by atoms with E-state index < -0.39 is 0 Å². The van der Waals surface area contributed by atoms with Crippen molar-refractivity contribution < 1.29 is 9.53 Å². The molecule has 0 bridgehead atoms. The van der Waals surface area contributed by atoms with E-state index in [-0.39, 0.29) is 5.97 Å². The Labute approximate surface area is 113 Å². The lowest BCUT2D eigenvalue weighted by atomic mass is 10.1. The number of aromatic nitrogens is 2. The molecule has 1 aromatic heterocycles. The first-order valence-corrected chi connectivity index (χ1v) is 6.87. The highest BCUT2D eigenvalue weighted by Crippen LogP contribution is 2.26. The summed E-state index contributed by atoms with van der Waals surface area (Å²) in [6, 6.07) is 0.447. The van der Waals surface area contributed by atoms with Crippen LogP contribution in [0.4, 0.5) is 5.95 Å². The van der Waals surface area contributed by atoms with Crippen molar-refractivity contribution in [3.05, 3.63) is 17.5 Å². The summed E-state index contributed by atoms with van der Waals surface area (Å²) in [7, 11) is 0. The highest BCUT2D eigenvalue weighted by Gasteiger charge is 2.22. The lowest BCUT2D eigenvalue weighted by molar-refractivity contribution is 0.0524. The van der Waals surface area contributed by atoms with Crippen LogP contribution >= 0.6 is 0 Å². The van der Waals surface area contributed by atoms with Crippen molar-refractivity contribution in [1.29, 1.82) is 0 Å². The highest BCUT2D eigenvalue weighted by atomic mass is 16.5. The van der Waals surface area contributed by atoms with Crippen molar-refractivity contribution in [1.82, 2.24) is 9.97 Å². The van der Waals surface area contributed by atoms with Gasteiger partial charge in [0, 0.05) is 12.2 Å². The minimum Gasteiger partial charge on any atom is -0.462 e. The summed E-state index contributed by atoms with van der Waals surface area (Å²) in [4.78, 5) is 20.2. The molecule has 19 heavy (non-hydrogen) atoms. The number of hydrogen-bond acceptors (Lipinski definition) is 5. The van der Waals surface area contributed by atoms with Crippen molar-refractivity contribution in [2.24, 2.45) is 5.92 Å². The standard InChI is InChI=1S/C14H21N3O2/c1-4-19-13(18)12-8-15-14(16-10(12)3)17-11-6-5-9(2)7-11/h8-9,11H,4-7H2,1-3H3,(H,15,16,17). The Morgan fingerprint density at radius 2 is 2.32 bits per heavy atom. The van der Waals surface area contributed by atoms with Crippen LogP contribution in [0.5, 0.6) is 0 Å². The van der Waals surface area contributed by atoms with Crippen molar-refractivity contribution in [2.45, 2.75) is 46.1 Å². The van der Waals surface area contributed by atoms with Gasteiger partial charge in [0.1, 0.15) is 0 Å². The molecule has 1 N–H and O–H groups in total. The topological polar surface area (TPSA) is 64.1 Å². The monoisotopic (exact) mass is 263 g/mol. The average molecular weight is 263 g/mol. The number of esters is 1. The van der Waals surface area contributed by atoms with Gasteiger partial charge in [0.2, 0.25) is 5.95 Å². The van der Waals surface area contributed by atoms with Gasteiger partial charge in [-0.1, -0.05) is 6.92 Å². The number of carbonyl (C=O) groups is 1. The van der Waals surface area contributed by atoms with Crippen LogP contribution in [0, 0.1) is 12.8 Å². The quantitative estimate of drug-likeness (QED) is 0.846. The van der Waals surface area contributed by atoms with Crippen molar-refractivity contribution in [3.8, 4) is 0 Å². The fourth-order valence-electron chi connectivity index (χ4n) is 2.47. The molecular weight excluding hydrogens is 242 g/mol. The van der Waals surface area contributed by atoms with Crippen LogP contribution in [0.2, 0.25) is 0 Å². The Kier molecular flexibility index (Phi) is 4.35. The number of rotatable bonds is 4. The molecule has 1 fully saturated rings. The molecule has 5 nitrogen and oxygen atoms in total. The first kappa shape index (κ1) is 13.8. The molecule has 2 atom stereocenters. The van der Waals surface area contributed by atoms with Gasteiger partial charge in [0.25, 0.3) is 0 Å². The first-order valence-electron chi connectivity index (χ1n) is 6.87. The fraction of sp³-hybridized carbons (Fsp3) is 0.643. The Morgan fingerprint density at radius 1 is 1.53 bits per heavy atom. The van der Waals surface area contributed by atoms with Gasteiger partial charge in [-0.25, -0.2) is 14.8 Å². The molecule has 0 aromatic carbocycles. The number of hydrogen-bond donors (Lipinski definition) is 1. The van der Waals surface area contributed by atoms with Crippen LogP contribution in [0.15, 0.2) is 6.20 Å². The van der Waals surface area contributed by atoms with E-state index in [0.29, 0.717) is 29.9 Å². The second kappa shape index (κ2) is 5.99. The summed E-state index contributed by atoms with van der Waals surface area (Å²) in [5.41, 5.74) is 1.09. The molecule has 1 saturated carbocycles. The molecule has 2 rings (SSSR count). The molecule has 0 spiro atoms. The third-order valence-electron chi connectivity index (χ3n) is 3.50. The number of nitrogens with zero attached hydrogens (tertiary/aromatic N) is 2. The predicted molar refractivity (Wildman–Crippen MR) is 73.2 cm³/mol. The Morgan fingerprint density at radius 3 is 2.89 bits per heavy atom. The van der Waals surface area contributed by atoms with E-state index in [2.05, 4.69) is 22.2 Å². The summed E-state index contributed by atoms with van der Waals surface area (Å²) in [6.07, 6.45) is 5.10. The Bertz CT molecular complexity index is 462. The number of aryl methyl sites for hydroxylation is 1. The normalized spacial score (nSPS) is 22.3. The van der Waals surface area contributed by atoms with E-state index in [1.54, 1.807) is 20.0 Å². The molecule has 1 aliphatic rings. The molecule has 1 heterocycles. The molecule has 1 aromatic rings. The third-order valence-corrected chi connectivity index (χ3v) is 3.50. The second-order valence-corrected chi connectivity index (χ2v) is 5.17. The molecule has 0 radical (unpaired) electrons. The Balaban J connectivity index is 2.04. The van der Waals surface area contributed by atoms with Crippen molar-refractivity contribution in [2.75, 3.05) is 11.9 Å². The number of carbonyl (C=O) groups excluding carboxylic acids is 1. The molecular formula is C14H21N3O2. The van der Waals surface area contributed by atoms with Crippen LogP contribution < -0.4 is 5.32 Å². The summed E-state index contributed by atoms with van der Waals surface area (Å²) in [6.45, 7) is 6.21. The predicted octanol–water partition coefficient (Wildman–Crippen LogP) is 2.56. The maximum Gasteiger partial charge on any atom is 0.341 e. The zero-order valence-corrected chi connectivity index (χ0v) is 11.8. The maximum absolute atomic E-state index is 11.6. The zero-order valence-electron chi connectivity index (χ0n) is 11.8. The van der Waals surface area contributed by atoms with Crippen molar-refractivity contribution >= 4 is 11.9 Å². The van der Waals surface area contributed by atoms with Gasteiger partial charge >= 0.3 is 5.97 Å². The van der Waals surface area contributed by atoms with Crippen molar-refractivity contribution in [3.63, 3.8) is 0 Å². The summed E-state index contributed by atoms with van der Waals surface area (Å²) in [5, 5.41) is 3.34. The van der Waals surface area contributed by atoms with Gasteiger partial charge < -0.3 is 10.1 Å². The van der Waals surface area contributed by atoms with E-state index in [9.17, 15) is 4.79 Å². The second-order valence-electron chi connectivity index (χ2n) is 5.17. The largest absolute Gasteiger partial charge is 0.462 e. The van der Waals surface area contributed by atoms with E-state index in [4.69, 9.17) is 4.74 Å². The first-order chi connectivity index (χ1) is 9.10. The zero-order chi connectivity index (χ0) is 13.8. The molecule has 0 saturated heterocycles. The number of nitrogens with one attached hydrogen (secondary N) is 1. The number of anilines is 1. The summed E-state index contributed by atoms with van der Waals surface area (Å²) in [5.74, 6) is 1.00. The minimum atomic E-state index is -0.360. The lowest BCUT2D eigenvalue weighted by Gasteiger charge is -2.13. The number of ether oxygens (including phenoxy) is 1. The van der Waals surface area contributed by atoms with Crippen LogP contribution in [-0.2, 0) is 4.74 Å². The molecule has 0 aliphatic heterocycles. The van der Waals surface area contributed by atoms with Gasteiger partial charge in [0.15, 0.2) is 0 Å². The lowest BCUT2D eigenvalue weighted by Crippen LogP contribution is -2.18. The van der Waals surface area contributed by atoms with E-state index >= 15 is 0 Å². The third kappa shape index (κ3) is 3.43. The summed E-state index contributed by atoms with van der Waals surface area (Å²) < 4.78 is 4.96. The molecule has 2 unspecified atom stereocenters. The van der Waals surface area contributed by atoms with Gasteiger partial charge in [-0.15, -0.1) is 0 Å². The van der Waals surface area contributed by atoms with E-state index in [1.807, 2.05) is 0 Å². The van der Waals surface area contributed by atoms with Crippen LogP contribution in [0.25, 0.3) is 0 Å². The van der Waals surface area contributed by atoms with Gasteiger partial charge in [0.05, 0.1) is 17.9 Å². The molecule has 0 amide bonds. The SMILES string of the molecule is CCOC(=O)c1cnc(NC2CCC(C)C2)nc1C. The van der Waals surface area contributed by atoms with E-state index in [1.165, 1.54) is 6.42 Å². The smallest absolute Gasteiger partial charge is 0.341 e. The summed E-state index contributed by atoms with van der Waals surface area (Å²) >= 11 is 0. The Hall–Kier alpha value is -1.65. The molecule has 1 aliphatic carbocycles. The minimum absolute atomic E-state index is 0.359. The molecule has 104 valence electrons. The fourth-order valence-corrected chi connectivity index (χ4v) is 2.47. The van der Waals surface area contributed by atoms with Gasteiger partial charge in [-0.2, -0.15) is 0 Å². The maximum atomic E-state index is 11.6. The van der Waals surface area contributed by atoms with E-state index in [0.717, 1.165) is 18.8 Å². The van der Waals surface area contributed by atoms with Crippen LogP contribution in [-0.4, -0.2) is 28.6 Å². The van der Waals surface area contributed by atoms with Crippen LogP contribution in [0.3, 0.4) is 0 Å². The molecule has 5 heteroatoms. The van der Waals surface area contributed by atoms with Gasteiger partial charge in [-0.3, -0.25) is 0 Å². The van der Waals surface area contributed by atoms with Gasteiger partial charge in [-0.05, 0) is 39.0 Å².